The average Bonchev–Trinajstić information content (AvgIpc) is 2.59. The molecule has 1 aromatic carbocycles. The summed E-state index contributed by atoms with van der Waals surface area (Å²) in [5, 5.41) is 3.94. The van der Waals surface area contributed by atoms with Gasteiger partial charge in [-0.2, -0.15) is 0 Å². The van der Waals surface area contributed by atoms with Crippen molar-refractivity contribution in [1.82, 2.24) is 9.55 Å². The number of aryl methyl sites for hydroxylation is 1. The number of hydrogen-bond acceptors (Lipinski definition) is 2. The Kier molecular flexibility index (Phi) is 3.49. The van der Waals surface area contributed by atoms with Crippen LogP contribution in [0.5, 0.6) is 0 Å². The Labute approximate surface area is 106 Å². The molecule has 0 bridgehead atoms. The summed E-state index contributed by atoms with van der Waals surface area (Å²) in [6, 6.07) is 7.56. The van der Waals surface area contributed by atoms with Crippen molar-refractivity contribution in [2.24, 2.45) is 0 Å². The van der Waals surface area contributed by atoms with Crippen LogP contribution in [-0.4, -0.2) is 9.55 Å². The van der Waals surface area contributed by atoms with Gasteiger partial charge >= 0.3 is 0 Å². The van der Waals surface area contributed by atoms with Gasteiger partial charge < -0.3 is 9.88 Å². The Morgan fingerprint density at radius 2 is 2.35 bits per heavy atom. The van der Waals surface area contributed by atoms with Crippen LogP contribution < -0.4 is 5.32 Å². The van der Waals surface area contributed by atoms with Crippen molar-refractivity contribution in [3.63, 3.8) is 0 Å². The van der Waals surface area contributed by atoms with Crippen LogP contribution in [0.3, 0.4) is 0 Å². The minimum atomic E-state index is 0.702. The van der Waals surface area contributed by atoms with Gasteiger partial charge in [0.2, 0.25) is 5.95 Å². The molecule has 0 radical (unpaired) electrons. The van der Waals surface area contributed by atoms with Gasteiger partial charge in [0.25, 0.3) is 0 Å². The molecule has 1 aromatic heterocycles. The Morgan fingerprint density at radius 3 is 3.06 bits per heavy atom. The molecule has 4 heteroatoms. The molecule has 0 spiro atoms. The van der Waals surface area contributed by atoms with Gasteiger partial charge in [0.15, 0.2) is 0 Å². The third-order valence-electron chi connectivity index (χ3n) is 2.30. The highest BCUT2D eigenvalue weighted by molar-refractivity contribution is 6.30. The van der Waals surface area contributed by atoms with Crippen molar-refractivity contribution in [2.45, 2.75) is 13.5 Å². The number of hydrogen-bond donors (Lipinski definition) is 1. The maximum atomic E-state index is 5.93. The van der Waals surface area contributed by atoms with Crippen LogP contribution in [0.15, 0.2) is 43.1 Å². The van der Waals surface area contributed by atoms with E-state index in [-0.39, 0.29) is 0 Å². The fourth-order valence-corrected chi connectivity index (χ4v) is 1.81. The lowest BCUT2D eigenvalue weighted by atomic mass is 10.3. The third-order valence-corrected chi connectivity index (χ3v) is 2.54. The summed E-state index contributed by atoms with van der Waals surface area (Å²) in [6.45, 7) is 6.42. The number of halogens is 1. The number of imidazole rings is 1. The molecule has 1 N–H and O–H groups in total. The van der Waals surface area contributed by atoms with Crippen molar-refractivity contribution in [3.05, 3.63) is 53.8 Å². The fraction of sp³-hybridized carbons (Fsp3) is 0.154. The zero-order chi connectivity index (χ0) is 12.3. The van der Waals surface area contributed by atoms with E-state index in [0.29, 0.717) is 5.02 Å². The highest BCUT2D eigenvalue weighted by Crippen LogP contribution is 2.19. The van der Waals surface area contributed by atoms with Crippen molar-refractivity contribution in [1.29, 1.82) is 0 Å². The van der Waals surface area contributed by atoms with Gasteiger partial charge in [-0.15, -0.1) is 6.58 Å². The molecule has 1 heterocycles. The lowest BCUT2D eigenvalue weighted by Gasteiger charge is -2.07. The van der Waals surface area contributed by atoms with E-state index in [1.165, 1.54) is 0 Å². The summed E-state index contributed by atoms with van der Waals surface area (Å²) < 4.78 is 2.00. The molecule has 0 aliphatic heterocycles. The summed E-state index contributed by atoms with van der Waals surface area (Å²) in [6.07, 6.45) is 3.82. The Morgan fingerprint density at radius 1 is 1.53 bits per heavy atom. The lowest BCUT2D eigenvalue weighted by Crippen LogP contribution is -2.01. The molecular formula is C13H14ClN3. The van der Waals surface area contributed by atoms with Gasteiger partial charge in [0, 0.05) is 23.5 Å². The first-order chi connectivity index (χ1) is 8.19. The molecule has 0 aliphatic rings. The van der Waals surface area contributed by atoms with Crippen LogP contribution in [0.2, 0.25) is 5.02 Å². The average molecular weight is 248 g/mol. The first-order valence-electron chi connectivity index (χ1n) is 5.36. The topological polar surface area (TPSA) is 29.9 Å². The van der Waals surface area contributed by atoms with Crippen LogP contribution in [0, 0.1) is 6.92 Å². The number of nitrogens with zero attached hydrogens (tertiary/aromatic N) is 2. The maximum absolute atomic E-state index is 5.93. The summed E-state index contributed by atoms with van der Waals surface area (Å²) in [5.41, 5.74) is 1.89. The van der Waals surface area contributed by atoms with E-state index in [0.717, 1.165) is 23.9 Å². The predicted octanol–water partition coefficient (Wildman–Crippen LogP) is 3.77. The molecule has 0 unspecified atom stereocenters. The van der Waals surface area contributed by atoms with Crippen molar-refractivity contribution in [2.75, 3.05) is 5.32 Å². The number of benzene rings is 1. The molecule has 0 aliphatic carbocycles. The second-order valence-electron chi connectivity index (χ2n) is 3.78. The lowest BCUT2D eigenvalue weighted by molar-refractivity contribution is 0.832. The summed E-state index contributed by atoms with van der Waals surface area (Å²) in [7, 11) is 0. The van der Waals surface area contributed by atoms with Crippen molar-refractivity contribution < 1.29 is 0 Å². The van der Waals surface area contributed by atoms with Crippen molar-refractivity contribution >= 4 is 23.2 Å². The molecular weight excluding hydrogens is 234 g/mol. The van der Waals surface area contributed by atoms with Crippen LogP contribution >= 0.6 is 11.6 Å². The van der Waals surface area contributed by atoms with E-state index in [9.17, 15) is 0 Å². The molecule has 0 saturated carbocycles. The van der Waals surface area contributed by atoms with Crippen LogP contribution in [0.1, 0.15) is 5.69 Å². The predicted molar refractivity (Wildman–Crippen MR) is 71.9 cm³/mol. The molecule has 88 valence electrons. The molecule has 0 amide bonds. The maximum Gasteiger partial charge on any atom is 0.207 e. The second-order valence-corrected chi connectivity index (χ2v) is 4.22. The van der Waals surface area contributed by atoms with Crippen LogP contribution in [0.4, 0.5) is 11.6 Å². The molecule has 2 aromatic rings. The minimum absolute atomic E-state index is 0.702. The first-order valence-corrected chi connectivity index (χ1v) is 5.74. The largest absolute Gasteiger partial charge is 0.326 e. The standard InChI is InChI=1S/C13H14ClN3/c1-3-7-17-9-10(2)15-13(17)16-12-6-4-5-11(14)8-12/h3-6,8-9H,1,7H2,2H3,(H,15,16). The van der Waals surface area contributed by atoms with E-state index < -0.39 is 0 Å². The molecule has 2 rings (SSSR count). The second kappa shape index (κ2) is 5.06. The monoisotopic (exact) mass is 247 g/mol. The van der Waals surface area contributed by atoms with Gasteiger partial charge in [-0.25, -0.2) is 4.98 Å². The van der Waals surface area contributed by atoms with Gasteiger partial charge in [0.05, 0.1) is 5.69 Å². The molecule has 0 fully saturated rings. The molecule has 3 nitrogen and oxygen atoms in total. The fourth-order valence-electron chi connectivity index (χ4n) is 1.62. The number of allylic oxidation sites excluding steroid dienone is 1. The van der Waals surface area contributed by atoms with Gasteiger partial charge in [-0.3, -0.25) is 0 Å². The zero-order valence-corrected chi connectivity index (χ0v) is 10.4. The zero-order valence-electron chi connectivity index (χ0n) is 9.65. The van der Waals surface area contributed by atoms with E-state index in [4.69, 9.17) is 11.6 Å². The normalized spacial score (nSPS) is 10.2. The van der Waals surface area contributed by atoms with Crippen LogP contribution in [0.25, 0.3) is 0 Å². The highest BCUT2D eigenvalue weighted by atomic mass is 35.5. The quantitative estimate of drug-likeness (QED) is 0.834. The Hall–Kier alpha value is -1.74. The van der Waals surface area contributed by atoms with E-state index in [1.807, 2.05) is 48.0 Å². The number of rotatable bonds is 4. The van der Waals surface area contributed by atoms with E-state index in [1.54, 1.807) is 0 Å². The van der Waals surface area contributed by atoms with Crippen LogP contribution in [-0.2, 0) is 6.54 Å². The third kappa shape index (κ3) is 2.88. The highest BCUT2D eigenvalue weighted by Gasteiger charge is 2.04. The van der Waals surface area contributed by atoms with Gasteiger partial charge in [-0.05, 0) is 25.1 Å². The number of aromatic nitrogens is 2. The molecule has 0 saturated heterocycles. The molecule has 0 atom stereocenters. The van der Waals surface area contributed by atoms with Crippen molar-refractivity contribution in [3.8, 4) is 0 Å². The summed E-state index contributed by atoms with van der Waals surface area (Å²) >= 11 is 5.93. The van der Waals surface area contributed by atoms with E-state index >= 15 is 0 Å². The smallest absolute Gasteiger partial charge is 0.207 e. The summed E-state index contributed by atoms with van der Waals surface area (Å²) in [5.74, 6) is 0.796. The Bertz CT molecular complexity index is 531. The SMILES string of the molecule is C=CCn1cc(C)nc1Nc1cccc(Cl)c1. The Balaban J connectivity index is 2.26. The molecule has 17 heavy (non-hydrogen) atoms. The number of anilines is 2. The number of nitrogens with one attached hydrogen (secondary N) is 1. The van der Waals surface area contributed by atoms with Gasteiger partial charge in [-0.1, -0.05) is 23.7 Å². The minimum Gasteiger partial charge on any atom is -0.326 e. The first kappa shape index (κ1) is 11.7. The summed E-state index contributed by atoms with van der Waals surface area (Å²) in [4.78, 5) is 4.42. The van der Waals surface area contributed by atoms with E-state index in [2.05, 4.69) is 16.9 Å². The van der Waals surface area contributed by atoms with Gasteiger partial charge in [0.1, 0.15) is 0 Å².